The second-order valence-electron chi connectivity index (χ2n) is 5.21. The fourth-order valence-corrected chi connectivity index (χ4v) is 3.44. The lowest BCUT2D eigenvalue weighted by atomic mass is 10.2. The summed E-state index contributed by atoms with van der Waals surface area (Å²) >= 11 is 1.41. The number of H-pyrrole nitrogens is 1. The van der Waals surface area contributed by atoms with E-state index in [4.69, 9.17) is 0 Å². The van der Waals surface area contributed by atoms with Gasteiger partial charge in [0.15, 0.2) is 0 Å². The molecule has 0 saturated carbocycles. The number of likely N-dealkylation sites (tertiary alicyclic amines) is 1. The van der Waals surface area contributed by atoms with E-state index in [0.29, 0.717) is 17.0 Å². The molecule has 0 unspecified atom stereocenters. The van der Waals surface area contributed by atoms with Crippen molar-refractivity contribution in [2.45, 2.75) is 44.8 Å². The van der Waals surface area contributed by atoms with E-state index < -0.39 is 0 Å². The average Bonchev–Trinajstić information content (AvgIpc) is 3.15. The third-order valence-corrected chi connectivity index (χ3v) is 4.85. The average molecular weight is 311 g/mol. The van der Waals surface area contributed by atoms with Crippen LogP contribution in [0.3, 0.4) is 0 Å². The molecule has 21 heavy (non-hydrogen) atoms. The molecule has 0 aliphatic carbocycles. The summed E-state index contributed by atoms with van der Waals surface area (Å²) in [6.45, 7) is 10.2. The molecule has 2 heterocycles. The van der Waals surface area contributed by atoms with Gasteiger partial charge in [-0.25, -0.2) is 4.98 Å². The smallest absolute Gasteiger partial charge is 0.233 e. The Kier molecular flexibility index (Phi) is 6.05. The maximum Gasteiger partial charge on any atom is 0.233 e. The Hall–Kier alpha value is -1.08. The third kappa shape index (κ3) is 4.20. The van der Waals surface area contributed by atoms with Crippen LogP contribution in [0.2, 0.25) is 0 Å². The van der Waals surface area contributed by atoms with Gasteiger partial charge in [-0.2, -0.15) is 0 Å². The van der Waals surface area contributed by atoms with Gasteiger partial charge in [0.2, 0.25) is 11.1 Å². The van der Waals surface area contributed by atoms with Crippen molar-refractivity contribution in [3.05, 3.63) is 5.82 Å². The molecule has 118 valence electrons. The van der Waals surface area contributed by atoms with Crippen LogP contribution in [0.4, 0.5) is 0 Å². The number of amides is 1. The molecule has 1 amide bonds. The van der Waals surface area contributed by atoms with Gasteiger partial charge >= 0.3 is 0 Å². The van der Waals surface area contributed by atoms with Gasteiger partial charge in [0.25, 0.3) is 0 Å². The van der Waals surface area contributed by atoms with E-state index in [1.807, 2.05) is 11.8 Å². The molecule has 0 radical (unpaired) electrons. The molecule has 2 rings (SSSR count). The molecule has 1 atom stereocenters. The highest BCUT2D eigenvalue weighted by Crippen LogP contribution is 2.18. The van der Waals surface area contributed by atoms with Gasteiger partial charge in [-0.15, -0.1) is 5.10 Å². The molecule has 1 saturated heterocycles. The Morgan fingerprint density at radius 2 is 2.19 bits per heavy atom. The topological polar surface area (TPSA) is 65.1 Å². The van der Waals surface area contributed by atoms with E-state index in [1.54, 1.807) is 0 Å². The summed E-state index contributed by atoms with van der Waals surface area (Å²) in [7, 11) is 0. The minimum Gasteiger partial charge on any atom is -0.340 e. The summed E-state index contributed by atoms with van der Waals surface area (Å²) in [6, 6.07) is 0.518. The number of carbonyl (C=O) groups excluding carboxylic acids is 1. The second-order valence-corrected chi connectivity index (χ2v) is 6.15. The van der Waals surface area contributed by atoms with E-state index in [9.17, 15) is 4.79 Å². The minimum atomic E-state index is 0.192. The van der Waals surface area contributed by atoms with E-state index in [2.05, 4.69) is 33.9 Å². The molecule has 0 spiro atoms. The Morgan fingerprint density at radius 1 is 1.43 bits per heavy atom. The molecule has 6 nitrogen and oxygen atoms in total. The van der Waals surface area contributed by atoms with Gasteiger partial charge in [-0.3, -0.25) is 14.8 Å². The Balaban J connectivity index is 1.79. The quantitative estimate of drug-likeness (QED) is 0.771. The molecule has 1 aliphatic heterocycles. The zero-order chi connectivity index (χ0) is 15.2. The first-order valence-corrected chi connectivity index (χ1v) is 8.72. The highest BCUT2D eigenvalue weighted by Gasteiger charge is 2.29. The largest absolute Gasteiger partial charge is 0.340 e. The second kappa shape index (κ2) is 7.79. The number of hydrogen-bond donors (Lipinski definition) is 1. The van der Waals surface area contributed by atoms with Crippen LogP contribution in [0.25, 0.3) is 0 Å². The fourth-order valence-electron chi connectivity index (χ4n) is 2.72. The van der Waals surface area contributed by atoms with Crippen molar-refractivity contribution in [3.63, 3.8) is 0 Å². The van der Waals surface area contributed by atoms with E-state index in [0.717, 1.165) is 44.8 Å². The van der Waals surface area contributed by atoms with Crippen molar-refractivity contribution >= 4 is 17.7 Å². The van der Waals surface area contributed by atoms with Gasteiger partial charge in [-0.1, -0.05) is 32.5 Å². The van der Waals surface area contributed by atoms with Crippen LogP contribution >= 0.6 is 11.8 Å². The molecular weight excluding hydrogens is 286 g/mol. The summed E-state index contributed by atoms with van der Waals surface area (Å²) in [5, 5.41) is 7.64. The normalized spacial score (nSPS) is 18.7. The van der Waals surface area contributed by atoms with Crippen LogP contribution in [0.5, 0.6) is 0 Å². The number of likely N-dealkylation sites (N-methyl/N-ethyl adjacent to an activating group) is 1. The molecule has 0 aromatic carbocycles. The molecule has 1 aromatic rings. The Labute approximate surface area is 130 Å². The Morgan fingerprint density at radius 3 is 2.81 bits per heavy atom. The van der Waals surface area contributed by atoms with E-state index in [-0.39, 0.29) is 5.91 Å². The molecule has 1 aliphatic rings. The van der Waals surface area contributed by atoms with Gasteiger partial charge in [0.05, 0.1) is 5.75 Å². The molecule has 0 bridgehead atoms. The first kappa shape index (κ1) is 16.3. The maximum atomic E-state index is 12.3. The number of aromatic amines is 1. The monoisotopic (exact) mass is 311 g/mol. The van der Waals surface area contributed by atoms with Crippen molar-refractivity contribution in [3.8, 4) is 0 Å². The van der Waals surface area contributed by atoms with Gasteiger partial charge < -0.3 is 4.90 Å². The van der Waals surface area contributed by atoms with Crippen molar-refractivity contribution in [2.75, 3.05) is 31.9 Å². The number of aromatic nitrogens is 3. The minimum absolute atomic E-state index is 0.192. The summed E-state index contributed by atoms with van der Waals surface area (Å²) < 4.78 is 0. The van der Waals surface area contributed by atoms with Gasteiger partial charge in [-0.05, 0) is 19.5 Å². The lowest BCUT2D eigenvalue weighted by Gasteiger charge is -2.26. The summed E-state index contributed by atoms with van der Waals surface area (Å²) in [6.07, 6.45) is 1.91. The van der Waals surface area contributed by atoms with Gasteiger partial charge in [0, 0.05) is 25.6 Å². The standard InChI is InChI=1S/C14H25N5OS/c1-4-12-15-14(17-16-12)21-10-13(20)19-8-7-11(9-19)18(5-2)6-3/h11H,4-10H2,1-3H3,(H,15,16,17)/t11-/m0/s1. The lowest BCUT2D eigenvalue weighted by Crippen LogP contribution is -2.39. The first-order chi connectivity index (χ1) is 10.2. The number of nitrogens with zero attached hydrogens (tertiary/aromatic N) is 4. The highest BCUT2D eigenvalue weighted by molar-refractivity contribution is 7.99. The van der Waals surface area contributed by atoms with Crippen LogP contribution in [0, 0.1) is 0 Å². The van der Waals surface area contributed by atoms with Crippen molar-refractivity contribution < 1.29 is 4.79 Å². The highest BCUT2D eigenvalue weighted by atomic mass is 32.2. The molecule has 1 aromatic heterocycles. The van der Waals surface area contributed by atoms with Crippen molar-refractivity contribution in [2.24, 2.45) is 0 Å². The molecule has 7 heteroatoms. The maximum absolute atomic E-state index is 12.3. The van der Waals surface area contributed by atoms with Crippen LogP contribution < -0.4 is 0 Å². The van der Waals surface area contributed by atoms with E-state index >= 15 is 0 Å². The van der Waals surface area contributed by atoms with E-state index in [1.165, 1.54) is 11.8 Å². The molecular formula is C14H25N5OS. The number of aryl methyl sites for hydroxylation is 1. The first-order valence-electron chi connectivity index (χ1n) is 7.73. The van der Waals surface area contributed by atoms with Crippen molar-refractivity contribution in [1.29, 1.82) is 0 Å². The SMILES string of the molecule is CCc1nc(SCC(=O)N2CC[C@H](N(CC)CC)C2)n[nH]1. The molecule has 1 fully saturated rings. The lowest BCUT2D eigenvalue weighted by molar-refractivity contribution is -0.127. The van der Waals surface area contributed by atoms with Crippen molar-refractivity contribution in [1.82, 2.24) is 25.0 Å². The number of rotatable bonds is 7. The summed E-state index contributed by atoms with van der Waals surface area (Å²) in [4.78, 5) is 21.0. The summed E-state index contributed by atoms with van der Waals surface area (Å²) in [5.74, 6) is 1.48. The number of carbonyl (C=O) groups is 1. The molecule has 1 N–H and O–H groups in total. The number of thioether (sulfide) groups is 1. The number of hydrogen-bond acceptors (Lipinski definition) is 5. The zero-order valence-corrected chi connectivity index (χ0v) is 13.9. The van der Waals surface area contributed by atoms with Gasteiger partial charge in [0.1, 0.15) is 5.82 Å². The predicted molar refractivity (Wildman–Crippen MR) is 84.4 cm³/mol. The van der Waals surface area contributed by atoms with Crippen LogP contribution in [0.1, 0.15) is 33.0 Å². The number of nitrogens with one attached hydrogen (secondary N) is 1. The third-order valence-electron chi connectivity index (χ3n) is 4.02. The fraction of sp³-hybridized carbons (Fsp3) is 0.786. The Bertz CT molecular complexity index is 460. The summed E-state index contributed by atoms with van der Waals surface area (Å²) in [5.41, 5.74) is 0. The zero-order valence-electron chi connectivity index (χ0n) is 13.1. The predicted octanol–water partition coefficient (Wildman–Crippen LogP) is 1.40. The van der Waals surface area contributed by atoms with Crippen LogP contribution in [0.15, 0.2) is 5.16 Å². The van der Waals surface area contributed by atoms with Crippen LogP contribution in [-0.2, 0) is 11.2 Å². The van der Waals surface area contributed by atoms with Crippen LogP contribution in [-0.4, -0.2) is 68.9 Å².